The van der Waals surface area contributed by atoms with Gasteiger partial charge < -0.3 is 0 Å². The Morgan fingerprint density at radius 2 is 0.983 bits per heavy atom. The van der Waals surface area contributed by atoms with E-state index in [2.05, 4.69) is 199 Å². The van der Waals surface area contributed by atoms with Gasteiger partial charge in [0, 0.05) is 45.4 Å². The van der Waals surface area contributed by atoms with Crippen molar-refractivity contribution in [2.75, 3.05) is 0 Å². The molecule has 0 bridgehead atoms. The molecule has 58 heavy (non-hydrogen) atoms. The van der Waals surface area contributed by atoms with Crippen LogP contribution in [0.1, 0.15) is 0 Å². The summed E-state index contributed by atoms with van der Waals surface area (Å²) < 4.78 is 0. The fourth-order valence-electron chi connectivity index (χ4n) is 8.26. The Bertz CT molecular complexity index is 3340. The summed E-state index contributed by atoms with van der Waals surface area (Å²) in [4.78, 5) is 15.1. The van der Waals surface area contributed by atoms with Crippen molar-refractivity contribution in [3.63, 3.8) is 0 Å². The second kappa shape index (κ2) is 14.0. The van der Waals surface area contributed by atoms with Crippen molar-refractivity contribution in [1.29, 1.82) is 0 Å². The minimum Gasteiger partial charge on any atom is -0.263 e. The number of nitrogens with zero attached hydrogens (tertiary/aromatic N) is 3. The van der Waals surface area contributed by atoms with E-state index in [1.165, 1.54) is 32.3 Å². The van der Waals surface area contributed by atoms with Crippen LogP contribution in [0.3, 0.4) is 0 Å². The van der Waals surface area contributed by atoms with Gasteiger partial charge in [-0.05, 0) is 103 Å². The molecule has 0 N–H and O–H groups in total. The Balaban J connectivity index is 1.05. The zero-order valence-corrected chi connectivity index (χ0v) is 31.4. The first-order valence-electron chi connectivity index (χ1n) is 19.5. The SMILES string of the molecule is c1ccc2c(c#1)cc(-c1cccc(-c3cc(-c4ccc(-c5cncc6ccccc56)cc4)nc(-c4cccc(-c5ccc6ccccc6c5)c4)n3)c1)c1ccccc12. The number of fused-ring (bicyclic) bond motifs is 5. The van der Waals surface area contributed by atoms with E-state index in [1.807, 2.05) is 18.5 Å². The van der Waals surface area contributed by atoms with Crippen molar-refractivity contribution in [2.45, 2.75) is 0 Å². The predicted octanol–water partition coefficient (Wildman–Crippen LogP) is 14.1. The molecule has 0 saturated carbocycles. The second-order valence-electron chi connectivity index (χ2n) is 14.7. The van der Waals surface area contributed by atoms with E-state index in [-0.39, 0.29) is 0 Å². The van der Waals surface area contributed by atoms with Gasteiger partial charge in [-0.15, -0.1) is 0 Å². The van der Waals surface area contributed by atoms with Crippen LogP contribution < -0.4 is 0 Å². The van der Waals surface area contributed by atoms with Crippen molar-refractivity contribution in [1.82, 2.24) is 15.0 Å². The molecule has 0 fully saturated rings. The molecule has 268 valence electrons. The lowest BCUT2D eigenvalue weighted by atomic mass is 9.92. The van der Waals surface area contributed by atoms with Gasteiger partial charge in [-0.3, -0.25) is 4.98 Å². The van der Waals surface area contributed by atoms with Crippen LogP contribution in [0.15, 0.2) is 200 Å². The summed E-state index contributed by atoms with van der Waals surface area (Å²) in [6.45, 7) is 0. The van der Waals surface area contributed by atoms with E-state index < -0.39 is 0 Å². The molecule has 0 aliphatic rings. The molecule has 0 spiro atoms. The number of aromatic nitrogens is 3. The Labute approximate surface area is 336 Å². The molecular formula is C55H33N3. The summed E-state index contributed by atoms with van der Waals surface area (Å²) in [5.74, 6) is 0.671. The van der Waals surface area contributed by atoms with Crippen LogP contribution in [-0.2, 0) is 0 Å². The topological polar surface area (TPSA) is 38.7 Å². The molecule has 0 atom stereocenters. The first-order chi connectivity index (χ1) is 28.7. The molecule has 0 aliphatic carbocycles. The van der Waals surface area contributed by atoms with Crippen LogP contribution in [0.2, 0.25) is 0 Å². The Morgan fingerprint density at radius 3 is 1.84 bits per heavy atom. The second-order valence-corrected chi connectivity index (χ2v) is 14.7. The highest BCUT2D eigenvalue weighted by molar-refractivity contribution is 6.13. The fourth-order valence-corrected chi connectivity index (χ4v) is 8.26. The molecule has 9 aromatic carbocycles. The fraction of sp³-hybridized carbons (Fsp3) is 0. The number of hydrogen-bond donors (Lipinski definition) is 0. The Hall–Kier alpha value is -7.93. The maximum Gasteiger partial charge on any atom is 0.160 e. The number of hydrogen-bond acceptors (Lipinski definition) is 3. The Kier molecular flexibility index (Phi) is 8.05. The predicted molar refractivity (Wildman–Crippen MR) is 240 cm³/mol. The summed E-state index contributed by atoms with van der Waals surface area (Å²) in [5, 5.41) is 9.35. The Morgan fingerprint density at radius 1 is 0.345 bits per heavy atom. The normalized spacial score (nSPS) is 11.3. The smallest absolute Gasteiger partial charge is 0.160 e. The molecule has 11 rings (SSSR count). The third-order valence-corrected chi connectivity index (χ3v) is 11.2. The van der Waals surface area contributed by atoms with E-state index in [4.69, 9.17) is 9.97 Å². The lowest BCUT2D eigenvalue weighted by Crippen LogP contribution is -1.96. The molecule has 3 heteroatoms. The molecule has 0 saturated heterocycles. The van der Waals surface area contributed by atoms with Crippen molar-refractivity contribution in [3.05, 3.63) is 213 Å². The van der Waals surface area contributed by atoms with Crippen molar-refractivity contribution in [3.8, 4) is 67.3 Å². The van der Waals surface area contributed by atoms with Crippen LogP contribution in [0.5, 0.6) is 0 Å². The van der Waals surface area contributed by atoms with Crippen molar-refractivity contribution < 1.29 is 0 Å². The largest absolute Gasteiger partial charge is 0.263 e. The lowest BCUT2D eigenvalue weighted by Gasteiger charge is -2.13. The van der Waals surface area contributed by atoms with Crippen LogP contribution >= 0.6 is 0 Å². The van der Waals surface area contributed by atoms with Gasteiger partial charge >= 0.3 is 0 Å². The lowest BCUT2D eigenvalue weighted by molar-refractivity contribution is 1.18. The van der Waals surface area contributed by atoms with Gasteiger partial charge in [0.05, 0.1) is 11.4 Å². The highest BCUT2D eigenvalue weighted by Crippen LogP contribution is 2.37. The van der Waals surface area contributed by atoms with Gasteiger partial charge in [-0.1, -0.05) is 158 Å². The van der Waals surface area contributed by atoms with E-state index in [0.29, 0.717) is 5.82 Å². The molecule has 0 unspecified atom stereocenters. The third kappa shape index (κ3) is 6.01. The summed E-state index contributed by atoms with van der Waals surface area (Å²) >= 11 is 0. The summed E-state index contributed by atoms with van der Waals surface area (Å²) in [6.07, 6.45) is 3.86. The van der Waals surface area contributed by atoms with Gasteiger partial charge in [0.25, 0.3) is 0 Å². The minimum atomic E-state index is 0.671. The average Bonchev–Trinajstić information content (AvgIpc) is 3.31. The van der Waals surface area contributed by atoms with E-state index >= 15 is 0 Å². The van der Waals surface area contributed by atoms with Crippen LogP contribution in [0, 0.1) is 12.1 Å². The molecule has 11 aromatic rings. The maximum absolute atomic E-state index is 5.30. The molecular weight excluding hydrogens is 703 g/mol. The van der Waals surface area contributed by atoms with Crippen LogP contribution in [-0.4, -0.2) is 15.0 Å². The highest BCUT2D eigenvalue weighted by Gasteiger charge is 2.15. The van der Waals surface area contributed by atoms with Crippen LogP contribution in [0.25, 0.3) is 110 Å². The first-order valence-corrected chi connectivity index (χ1v) is 19.5. The van der Waals surface area contributed by atoms with E-state index in [1.54, 1.807) is 0 Å². The molecule has 3 nitrogen and oxygen atoms in total. The zero-order chi connectivity index (χ0) is 38.4. The van der Waals surface area contributed by atoms with Gasteiger partial charge in [-0.2, -0.15) is 0 Å². The van der Waals surface area contributed by atoms with E-state index in [9.17, 15) is 0 Å². The highest BCUT2D eigenvalue weighted by atomic mass is 14.9. The molecule has 0 radical (unpaired) electrons. The quantitative estimate of drug-likeness (QED) is 0.171. The zero-order valence-electron chi connectivity index (χ0n) is 31.4. The first kappa shape index (κ1) is 33.4. The molecule has 0 aliphatic heterocycles. The summed E-state index contributed by atoms with van der Waals surface area (Å²) in [7, 11) is 0. The third-order valence-electron chi connectivity index (χ3n) is 11.2. The van der Waals surface area contributed by atoms with Crippen LogP contribution in [0.4, 0.5) is 0 Å². The number of rotatable bonds is 6. The van der Waals surface area contributed by atoms with Gasteiger partial charge in [0.1, 0.15) is 0 Å². The standard InChI is InChI=1S/C55H33N3/c1-2-12-39-29-41(28-23-36(39)11-1)40-15-9-18-45(30-40)55-57-53(38-26-24-37(25-27-38)52-35-56-34-46-14-4-6-20-48(46)52)33-54(58-55)44-17-10-16-42(31-44)51-32-43-13-3-5-19-47(43)49-21-7-8-22-50(49)51/h1-2,4-12,14-35H. The molecule has 2 aromatic heterocycles. The average molecular weight is 736 g/mol. The number of benzene rings is 8. The van der Waals surface area contributed by atoms with Crippen molar-refractivity contribution in [2.24, 2.45) is 0 Å². The van der Waals surface area contributed by atoms with Crippen molar-refractivity contribution >= 4 is 43.1 Å². The van der Waals surface area contributed by atoms with E-state index in [0.717, 1.165) is 72.2 Å². The maximum atomic E-state index is 5.30. The summed E-state index contributed by atoms with van der Waals surface area (Å²) in [5.41, 5.74) is 11.4. The summed E-state index contributed by atoms with van der Waals surface area (Å²) in [6, 6.07) is 72.9. The van der Waals surface area contributed by atoms with Gasteiger partial charge in [0.2, 0.25) is 0 Å². The van der Waals surface area contributed by atoms with Gasteiger partial charge in [0.15, 0.2) is 5.82 Å². The molecule has 0 amide bonds. The van der Waals surface area contributed by atoms with Gasteiger partial charge in [-0.25, -0.2) is 9.97 Å². The monoisotopic (exact) mass is 735 g/mol. The minimum absolute atomic E-state index is 0.671. The molecule has 2 heterocycles. The number of pyridine rings is 1.